The highest BCUT2D eigenvalue weighted by atomic mass is 32.2. The topological polar surface area (TPSA) is 113 Å². The highest BCUT2D eigenvalue weighted by Crippen LogP contribution is 2.16. The molecule has 3 N–H and O–H groups in total. The number of nitrogens with one attached hydrogen (secondary N) is 2. The van der Waals surface area contributed by atoms with Gasteiger partial charge in [0.25, 0.3) is 0 Å². The maximum absolute atomic E-state index is 12.2. The Kier molecular flexibility index (Phi) is 5.47. The molecule has 1 saturated heterocycles. The fourth-order valence-corrected chi connectivity index (χ4v) is 5.68. The molecule has 0 unspecified atom stereocenters. The number of aliphatic hydroxyl groups excluding tert-OH is 1. The van der Waals surface area contributed by atoms with Crippen LogP contribution in [0.2, 0.25) is 0 Å². The fourth-order valence-electron chi connectivity index (χ4n) is 2.65. The van der Waals surface area contributed by atoms with E-state index in [4.69, 9.17) is 0 Å². The van der Waals surface area contributed by atoms with Crippen LogP contribution in [0.4, 0.5) is 0 Å². The Morgan fingerprint density at radius 3 is 2.48 bits per heavy atom. The number of sulfone groups is 1. The van der Waals surface area contributed by atoms with Gasteiger partial charge < -0.3 is 10.4 Å². The van der Waals surface area contributed by atoms with Gasteiger partial charge in [-0.25, -0.2) is 21.6 Å². The summed E-state index contributed by atoms with van der Waals surface area (Å²) in [4.78, 5) is 0.228. The molecule has 0 amide bonds. The van der Waals surface area contributed by atoms with Crippen molar-refractivity contribution in [3.63, 3.8) is 0 Å². The number of hydrogen-bond acceptors (Lipinski definition) is 6. The zero-order chi connectivity index (χ0) is 17.3. The van der Waals surface area contributed by atoms with Crippen molar-refractivity contribution in [3.05, 3.63) is 29.3 Å². The quantitative estimate of drug-likeness (QED) is 0.579. The largest absolute Gasteiger partial charge is 0.390 e. The molecule has 0 aromatic heterocycles. The summed E-state index contributed by atoms with van der Waals surface area (Å²) in [7, 11) is -6.82. The Morgan fingerprint density at radius 1 is 1.22 bits per heavy atom. The number of hydrogen-bond donors (Lipinski definition) is 3. The van der Waals surface area contributed by atoms with Crippen LogP contribution in [-0.4, -0.2) is 58.7 Å². The average molecular weight is 362 g/mol. The number of sulfonamides is 1. The van der Waals surface area contributed by atoms with Gasteiger partial charge in [-0.1, -0.05) is 17.7 Å². The third-order valence-corrected chi connectivity index (χ3v) is 7.10. The minimum Gasteiger partial charge on any atom is -0.390 e. The van der Waals surface area contributed by atoms with Crippen LogP contribution < -0.4 is 10.0 Å². The summed E-state index contributed by atoms with van der Waals surface area (Å²) in [6, 6.07) is 4.55. The first kappa shape index (κ1) is 18.3. The Bertz CT molecular complexity index is 774. The molecular formula is C14H22N2O5S2. The van der Waals surface area contributed by atoms with Crippen molar-refractivity contribution in [1.29, 1.82) is 0 Å². The summed E-state index contributed by atoms with van der Waals surface area (Å²) in [5.74, 6) is -0.378. The van der Waals surface area contributed by atoms with Crippen LogP contribution >= 0.6 is 0 Å². The number of aliphatic hydroxyl groups is 1. The normalized spacial score (nSPS) is 24.0. The molecule has 2 rings (SSSR count). The van der Waals surface area contributed by atoms with E-state index in [2.05, 4.69) is 10.0 Å². The molecule has 23 heavy (non-hydrogen) atoms. The third kappa shape index (κ3) is 4.74. The van der Waals surface area contributed by atoms with Crippen LogP contribution in [-0.2, 0) is 19.9 Å². The highest BCUT2D eigenvalue weighted by molar-refractivity contribution is 7.91. The second-order valence-electron chi connectivity index (χ2n) is 5.87. The van der Waals surface area contributed by atoms with E-state index in [1.165, 1.54) is 0 Å². The average Bonchev–Trinajstić information content (AvgIpc) is 2.67. The molecule has 1 aliphatic heterocycles. The minimum absolute atomic E-state index is 0.110. The van der Waals surface area contributed by atoms with E-state index in [1.807, 2.05) is 6.92 Å². The van der Waals surface area contributed by atoms with Crippen molar-refractivity contribution in [2.45, 2.75) is 30.9 Å². The lowest BCUT2D eigenvalue weighted by Crippen LogP contribution is -2.42. The molecule has 0 saturated carbocycles. The standard InChI is InChI=1S/C14H22N2O5S2/c1-10-3-4-14(11(2)7-10)23(20,21)16-6-5-15-12-8-22(18,19)9-13(12)17/h3-4,7,12-13,15-17H,5-6,8-9H2,1-2H3/t12-,13+/m0/s1. The predicted molar refractivity (Wildman–Crippen MR) is 87.6 cm³/mol. The van der Waals surface area contributed by atoms with E-state index in [-0.39, 0.29) is 29.5 Å². The summed E-state index contributed by atoms with van der Waals surface area (Å²) in [5.41, 5.74) is 1.65. The maximum Gasteiger partial charge on any atom is 0.240 e. The van der Waals surface area contributed by atoms with Gasteiger partial charge in [-0.2, -0.15) is 0 Å². The molecule has 1 aromatic rings. The summed E-state index contributed by atoms with van der Waals surface area (Å²) < 4.78 is 49.7. The van der Waals surface area contributed by atoms with Crippen molar-refractivity contribution in [2.75, 3.05) is 24.6 Å². The monoisotopic (exact) mass is 362 g/mol. The van der Waals surface area contributed by atoms with Gasteiger partial charge >= 0.3 is 0 Å². The first-order valence-corrected chi connectivity index (χ1v) is 10.6. The van der Waals surface area contributed by atoms with Gasteiger partial charge in [0.05, 0.1) is 22.5 Å². The van der Waals surface area contributed by atoms with Crippen LogP contribution in [0, 0.1) is 13.8 Å². The molecule has 130 valence electrons. The Labute approximate surface area is 137 Å². The molecule has 1 aliphatic rings. The molecule has 2 atom stereocenters. The molecule has 0 aliphatic carbocycles. The zero-order valence-electron chi connectivity index (χ0n) is 13.1. The number of rotatable bonds is 6. The molecule has 1 aromatic carbocycles. The lowest BCUT2D eigenvalue weighted by molar-refractivity contribution is 0.166. The van der Waals surface area contributed by atoms with Gasteiger partial charge in [0.1, 0.15) is 0 Å². The Morgan fingerprint density at radius 2 is 1.91 bits per heavy atom. The Hall–Kier alpha value is -1.00. The fraction of sp³-hybridized carbons (Fsp3) is 0.571. The van der Waals surface area contributed by atoms with Gasteiger partial charge in [0.15, 0.2) is 9.84 Å². The molecular weight excluding hydrogens is 340 g/mol. The highest BCUT2D eigenvalue weighted by Gasteiger charge is 2.35. The lowest BCUT2D eigenvalue weighted by atomic mass is 10.2. The second kappa shape index (κ2) is 6.86. The third-order valence-electron chi connectivity index (χ3n) is 3.77. The van der Waals surface area contributed by atoms with Gasteiger partial charge in [-0.05, 0) is 25.5 Å². The van der Waals surface area contributed by atoms with Crippen molar-refractivity contribution in [3.8, 4) is 0 Å². The first-order chi connectivity index (χ1) is 10.6. The van der Waals surface area contributed by atoms with Crippen molar-refractivity contribution < 1.29 is 21.9 Å². The molecule has 1 fully saturated rings. The summed E-state index contributed by atoms with van der Waals surface area (Å²) >= 11 is 0. The molecule has 0 radical (unpaired) electrons. The van der Waals surface area contributed by atoms with E-state index < -0.39 is 32.0 Å². The van der Waals surface area contributed by atoms with Crippen LogP contribution in [0.25, 0.3) is 0 Å². The van der Waals surface area contributed by atoms with Crippen molar-refractivity contribution >= 4 is 19.9 Å². The molecule has 7 nitrogen and oxygen atoms in total. The van der Waals surface area contributed by atoms with Gasteiger partial charge in [0, 0.05) is 19.1 Å². The van der Waals surface area contributed by atoms with E-state index in [1.54, 1.807) is 25.1 Å². The van der Waals surface area contributed by atoms with Crippen molar-refractivity contribution in [1.82, 2.24) is 10.0 Å². The second-order valence-corrected chi connectivity index (χ2v) is 9.76. The molecule has 1 heterocycles. The van der Waals surface area contributed by atoms with Crippen LogP contribution in [0.1, 0.15) is 11.1 Å². The van der Waals surface area contributed by atoms with Crippen LogP contribution in [0.15, 0.2) is 23.1 Å². The summed E-state index contributed by atoms with van der Waals surface area (Å²) in [6.07, 6.45) is -0.948. The first-order valence-electron chi connectivity index (χ1n) is 7.29. The number of aryl methyl sites for hydroxylation is 2. The van der Waals surface area contributed by atoms with E-state index in [0.29, 0.717) is 5.56 Å². The van der Waals surface area contributed by atoms with E-state index in [9.17, 15) is 21.9 Å². The van der Waals surface area contributed by atoms with Gasteiger partial charge in [0.2, 0.25) is 10.0 Å². The minimum atomic E-state index is -3.61. The molecule has 0 spiro atoms. The maximum atomic E-state index is 12.2. The van der Waals surface area contributed by atoms with Crippen LogP contribution in [0.5, 0.6) is 0 Å². The van der Waals surface area contributed by atoms with E-state index in [0.717, 1.165) is 5.56 Å². The Balaban J connectivity index is 1.88. The van der Waals surface area contributed by atoms with E-state index >= 15 is 0 Å². The number of benzene rings is 1. The zero-order valence-corrected chi connectivity index (χ0v) is 14.7. The lowest BCUT2D eigenvalue weighted by Gasteiger charge is -2.15. The van der Waals surface area contributed by atoms with Gasteiger partial charge in [-0.3, -0.25) is 0 Å². The van der Waals surface area contributed by atoms with Crippen molar-refractivity contribution in [2.24, 2.45) is 0 Å². The SMILES string of the molecule is Cc1ccc(S(=O)(=O)NCCN[C@H]2CS(=O)(=O)C[C@H]2O)c(C)c1. The van der Waals surface area contributed by atoms with Crippen LogP contribution in [0.3, 0.4) is 0 Å². The summed E-state index contributed by atoms with van der Waals surface area (Å²) in [5, 5.41) is 12.5. The van der Waals surface area contributed by atoms with Gasteiger partial charge in [-0.15, -0.1) is 0 Å². The summed E-state index contributed by atoms with van der Waals surface area (Å²) in [6.45, 7) is 3.97. The molecule has 0 bridgehead atoms. The predicted octanol–water partition coefficient (Wildman–Crippen LogP) is -0.671. The molecule has 9 heteroatoms. The smallest absolute Gasteiger partial charge is 0.240 e.